The van der Waals surface area contributed by atoms with Gasteiger partial charge in [0.15, 0.2) is 0 Å². The fraction of sp³-hybridized carbons (Fsp3) is 0.280. The molecule has 1 aliphatic rings. The predicted octanol–water partition coefficient (Wildman–Crippen LogP) is 3.78. The van der Waals surface area contributed by atoms with E-state index in [0.29, 0.717) is 22.0 Å². The van der Waals surface area contributed by atoms with Crippen molar-refractivity contribution in [3.8, 4) is 0 Å². The topological polar surface area (TPSA) is 117 Å². The first kappa shape index (κ1) is 25.7. The predicted molar refractivity (Wildman–Crippen MR) is 132 cm³/mol. The first-order valence-corrected chi connectivity index (χ1v) is 11.9. The number of nitrogens with zero attached hydrogens (tertiary/aromatic N) is 1. The molecule has 1 aromatic heterocycles. The molecule has 36 heavy (non-hydrogen) atoms. The van der Waals surface area contributed by atoms with Crippen LogP contribution in [0.4, 0.5) is 0 Å². The second kappa shape index (κ2) is 11.1. The highest BCUT2D eigenvalue weighted by Crippen LogP contribution is 2.31. The summed E-state index contributed by atoms with van der Waals surface area (Å²) in [4.78, 5) is 51.9. The molecule has 0 aliphatic carbocycles. The summed E-state index contributed by atoms with van der Waals surface area (Å²) in [5.41, 5.74) is -0.187. The minimum atomic E-state index is -0.869. The van der Waals surface area contributed by atoms with Gasteiger partial charge in [-0.3, -0.25) is 14.3 Å². The van der Waals surface area contributed by atoms with Crippen molar-refractivity contribution >= 4 is 35.1 Å². The summed E-state index contributed by atoms with van der Waals surface area (Å²) in [6.07, 6.45) is -0.656. The molecule has 0 saturated carbocycles. The van der Waals surface area contributed by atoms with Crippen molar-refractivity contribution in [2.75, 3.05) is 6.61 Å². The van der Waals surface area contributed by atoms with Crippen molar-refractivity contribution in [3.05, 3.63) is 102 Å². The average Bonchev–Trinajstić information content (AvgIpc) is 3.25. The van der Waals surface area contributed by atoms with Crippen LogP contribution in [0.25, 0.3) is 0 Å². The van der Waals surface area contributed by atoms with E-state index in [1.54, 1.807) is 31.2 Å². The molecule has 2 heterocycles. The van der Waals surface area contributed by atoms with E-state index in [1.807, 2.05) is 0 Å². The van der Waals surface area contributed by atoms with Crippen LogP contribution in [0.5, 0.6) is 0 Å². The normalized spacial score (nSPS) is 19.1. The monoisotopic (exact) mass is 532 g/mol. The van der Waals surface area contributed by atoms with Crippen LogP contribution < -0.4 is 11.2 Å². The molecule has 4 rings (SSSR count). The second-order valence-electron chi connectivity index (χ2n) is 8.10. The Labute approximate surface area is 215 Å². The van der Waals surface area contributed by atoms with Crippen molar-refractivity contribution in [3.63, 3.8) is 0 Å². The van der Waals surface area contributed by atoms with Crippen molar-refractivity contribution in [1.29, 1.82) is 0 Å². The number of carbonyl (C=O) groups excluding carboxylic acids is 2. The van der Waals surface area contributed by atoms with Gasteiger partial charge in [0, 0.05) is 28.2 Å². The fourth-order valence-corrected chi connectivity index (χ4v) is 4.01. The Kier molecular flexibility index (Phi) is 7.93. The number of benzene rings is 2. The molecular weight excluding hydrogens is 511 g/mol. The molecule has 0 amide bonds. The molecule has 3 atom stereocenters. The van der Waals surface area contributed by atoms with Gasteiger partial charge in [0.25, 0.3) is 5.56 Å². The summed E-state index contributed by atoms with van der Waals surface area (Å²) in [7, 11) is 0. The number of hydrogen-bond donors (Lipinski definition) is 1. The summed E-state index contributed by atoms with van der Waals surface area (Å²) in [5.74, 6) is -1.24. The number of nitrogens with one attached hydrogen (secondary N) is 1. The summed E-state index contributed by atoms with van der Waals surface area (Å²) in [6.45, 7) is 1.54. The van der Waals surface area contributed by atoms with Crippen molar-refractivity contribution in [2.24, 2.45) is 0 Å². The van der Waals surface area contributed by atoms with Crippen LogP contribution in [0.15, 0.2) is 64.3 Å². The summed E-state index contributed by atoms with van der Waals surface area (Å²) in [6, 6.07) is 12.3. The summed E-state index contributed by atoms with van der Waals surface area (Å²) >= 11 is 11.8. The van der Waals surface area contributed by atoms with Gasteiger partial charge in [-0.25, -0.2) is 14.4 Å². The maximum atomic E-state index is 12.7. The molecule has 0 spiro atoms. The number of ether oxygens (including phenoxy) is 3. The molecule has 1 fully saturated rings. The molecule has 2 aromatic carbocycles. The molecule has 0 unspecified atom stereocenters. The highest BCUT2D eigenvalue weighted by molar-refractivity contribution is 6.31. The molecule has 3 aromatic rings. The second-order valence-corrected chi connectivity index (χ2v) is 8.97. The van der Waals surface area contributed by atoms with E-state index in [-0.39, 0.29) is 24.2 Å². The molecule has 9 nitrogen and oxygen atoms in total. The van der Waals surface area contributed by atoms with Crippen molar-refractivity contribution in [2.45, 2.75) is 38.2 Å². The quantitative estimate of drug-likeness (QED) is 0.460. The van der Waals surface area contributed by atoms with E-state index in [0.717, 1.165) is 0 Å². The van der Waals surface area contributed by atoms with Gasteiger partial charge in [0.05, 0.1) is 11.1 Å². The number of H-pyrrole nitrogens is 1. The Morgan fingerprint density at radius 1 is 1.00 bits per heavy atom. The Morgan fingerprint density at radius 2 is 1.58 bits per heavy atom. The molecule has 1 saturated heterocycles. The first-order chi connectivity index (χ1) is 17.2. The molecule has 11 heteroatoms. The molecule has 1 aliphatic heterocycles. The minimum absolute atomic E-state index is 0.0948. The number of aryl methyl sites for hydroxylation is 1. The van der Waals surface area contributed by atoms with Gasteiger partial charge in [0.1, 0.15) is 25.0 Å². The van der Waals surface area contributed by atoms with Crippen LogP contribution in [-0.2, 0) is 20.6 Å². The van der Waals surface area contributed by atoms with Crippen molar-refractivity contribution < 1.29 is 23.8 Å². The van der Waals surface area contributed by atoms with Gasteiger partial charge in [-0.1, -0.05) is 30.1 Å². The zero-order valence-electron chi connectivity index (χ0n) is 19.1. The lowest BCUT2D eigenvalue weighted by molar-refractivity contribution is -0.0583. The maximum Gasteiger partial charge on any atom is 0.338 e. The van der Waals surface area contributed by atoms with Crippen molar-refractivity contribution in [1.82, 2.24) is 9.55 Å². The fourth-order valence-electron chi connectivity index (χ4n) is 3.76. The average molecular weight is 533 g/mol. The van der Waals surface area contributed by atoms with Gasteiger partial charge in [-0.2, -0.15) is 0 Å². The first-order valence-electron chi connectivity index (χ1n) is 11.1. The molecule has 0 radical (unpaired) electrons. The molecule has 0 bridgehead atoms. The van der Waals surface area contributed by atoms with Crippen LogP contribution in [-0.4, -0.2) is 40.3 Å². The number of carbonyl (C=O) groups is 2. The van der Waals surface area contributed by atoms with E-state index >= 15 is 0 Å². The molecular formula is C25H22Cl2N2O7. The largest absolute Gasteiger partial charge is 0.459 e. The third-order valence-corrected chi connectivity index (χ3v) is 6.21. The van der Waals surface area contributed by atoms with Gasteiger partial charge >= 0.3 is 17.6 Å². The summed E-state index contributed by atoms with van der Waals surface area (Å²) in [5, 5.41) is 0.937. The van der Waals surface area contributed by atoms with Crippen LogP contribution >= 0.6 is 23.2 Å². The SMILES string of the molecule is CCc1cn([C@H]2C[C@@H](OC(=O)c3ccc(Cl)cc3)[C@@H](COC(=O)c3ccc(Cl)cc3)O2)c(=O)[nH]c1=O. The Hall–Kier alpha value is -3.40. The van der Waals surface area contributed by atoms with Gasteiger partial charge in [-0.05, 0) is 55.0 Å². The zero-order valence-corrected chi connectivity index (χ0v) is 20.6. The minimum Gasteiger partial charge on any atom is -0.459 e. The third-order valence-electron chi connectivity index (χ3n) is 5.71. The van der Waals surface area contributed by atoms with E-state index in [1.165, 1.54) is 35.0 Å². The zero-order chi connectivity index (χ0) is 25.8. The molecule has 1 N–H and O–H groups in total. The number of rotatable bonds is 7. The highest BCUT2D eigenvalue weighted by atomic mass is 35.5. The Morgan fingerprint density at radius 3 is 2.17 bits per heavy atom. The van der Waals surface area contributed by atoms with Gasteiger partial charge in [-0.15, -0.1) is 0 Å². The van der Waals surface area contributed by atoms with Crippen LogP contribution in [0.1, 0.15) is 45.9 Å². The highest BCUT2D eigenvalue weighted by Gasteiger charge is 2.40. The van der Waals surface area contributed by atoms with E-state index in [4.69, 9.17) is 37.4 Å². The van der Waals surface area contributed by atoms with E-state index < -0.39 is 41.6 Å². The van der Waals surface area contributed by atoms with Crippen LogP contribution in [0, 0.1) is 0 Å². The standard InChI is InChI=1S/C25H22Cl2N2O7/c1-2-14-12-29(25(33)28-22(14)30)21-11-19(36-24(32)16-5-9-18(27)10-6-16)20(35-21)13-34-23(31)15-3-7-17(26)8-4-15/h3-10,12,19-21H,2,11,13H2,1H3,(H,28,30,33)/t19-,20-,21-/m1/s1. The third kappa shape index (κ3) is 5.87. The number of esters is 2. The summed E-state index contributed by atoms with van der Waals surface area (Å²) < 4.78 is 18.3. The lowest BCUT2D eigenvalue weighted by atomic mass is 10.1. The van der Waals surface area contributed by atoms with Gasteiger partial charge in [0.2, 0.25) is 0 Å². The molecule has 188 valence electrons. The van der Waals surface area contributed by atoms with E-state index in [9.17, 15) is 19.2 Å². The Balaban J connectivity index is 1.54. The van der Waals surface area contributed by atoms with Gasteiger partial charge < -0.3 is 14.2 Å². The maximum absolute atomic E-state index is 12.7. The van der Waals surface area contributed by atoms with Crippen LogP contribution in [0.2, 0.25) is 10.0 Å². The smallest absolute Gasteiger partial charge is 0.338 e. The number of aromatic nitrogens is 2. The number of hydrogen-bond acceptors (Lipinski definition) is 7. The number of aromatic amines is 1. The van der Waals surface area contributed by atoms with Crippen LogP contribution in [0.3, 0.4) is 0 Å². The number of halogens is 2. The van der Waals surface area contributed by atoms with E-state index in [2.05, 4.69) is 4.98 Å². The lowest BCUT2D eigenvalue weighted by Gasteiger charge is -2.19. The Bertz CT molecular complexity index is 1370. The lowest BCUT2D eigenvalue weighted by Crippen LogP contribution is -2.34.